The largest absolute Gasteiger partial charge is 0.378 e. The van der Waals surface area contributed by atoms with Gasteiger partial charge in [-0.15, -0.1) is 0 Å². The van der Waals surface area contributed by atoms with Crippen LogP contribution in [-0.2, 0) is 11.2 Å². The highest BCUT2D eigenvalue weighted by Crippen LogP contribution is 2.20. The average Bonchev–Trinajstić information content (AvgIpc) is 3.05. The van der Waals surface area contributed by atoms with Gasteiger partial charge in [0.15, 0.2) is 0 Å². The van der Waals surface area contributed by atoms with E-state index in [1.54, 1.807) is 26.0 Å². The van der Waals surface area contributed by atoms with Crippen molar-refractivity contribution in [1.82, 2.24) is 9.55 Å². The van der Waals surface area contributed by atoms with Crippen LogP contribution in [0.4, 0.5) is 4.39 Å². The minimum atomic E-state index is -0.263. The Bertz CT molecular complexity index is 795. The summed E-state index contributed by atoms with van der Waals surface area (Å²) in [5.41, 5.74) is 1.70. The van der Waals surface area contributed by atoms with Crippen molar-refractivity contribution < 1.29 is 9.13 Å². The highest BCUT2D eigenvalue weighted by molar-refractivity contribution is 5.37. The fourth-order valence-electron chi connectivity index (χ4n) is 3.49. The van der Waals surface area contributed by atoms with Crippen LogP contribution in [0.5, 0.6) is 0 Å². The van der Waals surface area contributed by atoms with Crippen molar-refractivity contribution in [1.29, 1.82) is 0 Å². The van der Waals surface area contributed by atoms with Gasteiger partial charge in [-0.05, 0) is 63.6 Å². The molecule has 2 heterocycles. The van der Waals surface area contributed by atoms with Crippen LogP contribution < -0.4 is 5.56 Å². The second-order valence-corrected chi connectivity index (χ2v) is 6.77. The molecular formula is C20H25FN2O2. The second kappa shape index (κ2) is 7.91. The molecule has 3 rings (SSSR count). The number of hydrogen-bond donors (Lipinski definition) is 0. The number of unbranched alkanes of at least 4 members (excludes halogenated alkanes) is 1. The lowest BCUT2D eigenvalue weighted by Crippen LogP contribution is -2.22. The van der Waals surface area contributed by atoms with E-state index in [2.05, 4.69) is 4.98 Å². The van der Waals surface area contributed by atoms with Crippen LogP contribution in [0.1, 0.15) is 49.2 Å². The molecule has 1 fully saturated rings. The Kier molecular flexibility index (Phi) is 5.63. The van der Waals surface area contributed by atoms with E-state index in [-0.39, 0.29) is 11.4 Å². The summed E-state index contributed by atoms with van der Waals surface area (Å²) in [6.07, 6.45) is 6.47. The Morgan fingerprint density at radius 2 is 2.12 bits per heavy atom. The quantitative estimate of drug-likeness (QED) is 0.747. The zero-order valence-electron chi connectivity index (χ0n) is 14.9. The number of halogens is 1. The lowest BCUT2D eigenvalue weighted by Gasteiger charge is -2.12. The highest BCUT2D eigenvalue weighted by Gasteiger charge is 2.15. The number of aryl methyl sites for hydroxylation is 3. The molecule has 0 aliphatic carbocycles. The normalized spacial score (nSPS) is 17.2. The number of rotatable bonds is 6. The Morgan fingerprint density at radius 3 is 2.80 bits per heavy atom. The van der Waals surface area contributed by atoms with Crippen molar-refractivity contribution in [2.24, 2.45) is 0 Å². The number of aromatic nitrogens is 2. The summed E-state index contributed by atoms with van der Waals surface area (Å²) >= 11 is 0. The van der Waals surface area contributed by atoms with Crippen molar-refractivity contribution in [3.05, 3.63) is 57.5 Å². The molecule has 1 unspecified atom stereocenters. The molecule has 0 bridgehead atoms. The first-order valence-electron chi connectivity index (χ1n) is 9.02. The number of benzene rings is 1. The van der Waals surface area contributed by atoms with Gasteiger partial charge < -0.3 is 4.74 Å². The zero-order valence-corrected chi connectivity index (χ0v) is 14.9. The van der Waals surface area contributed by atoms with Gasteiger partial charge in [0, 0.05) is 18.4 Å². The molecule has 5 heteroatoms. The van der Waals surface area contributed by atoms with Crippen LogP contribution in [0.15, 0.2) is 29.1 Å². The van der Waals surface area contributed by atoms with E-state index in [0.717, 1.165) is 38.7 Å². The Balaban J connectivity index is 1.65. The van der Waals surface area contributed by atoms with Crippen LogP contribution in [0.2, 0.25) is 0 Å². The molecule has 4 nitrogen and oxygen atoms in total. The van der Waals surface area contributed by atoms with Gasteiger partial charge in [-0.3, -0.25) is 9.36 Å². The van der Waals surface area contributed by atoms with Crippen molar-refractivity contribution in [2.45, 2.75) is 58.5 Å². The maximum absolute atomic E-state index is 14.4. The molecule has 1 saturated heterocycles. The summed E-state index contributed by atoms with van der Waals surface area (Å²) in [5.74, 6) is 0.301. The van der Waals surface area contributed by atoms with E-state index in [1.807, 2.05) is 0 Å². The van der Waals surface area contributed by atoms with Crippen LogP contribution in [0, 0.1) is 19.7 Å². The highest BCUT2D eigenvalue weighted by atomic mass is 19.1. The Labute approximate surface area is 147 Å². The third-order valence-electron chi connectivity index (χ3n) is 4.76. The molecule has 0 N–H and O–H groups in total. The van der Waals surface area contributed by atoms with Gasteiger partial charge in [0.25, 0.3) is 5.56 Å². The molecule has 25 heavy (non-hydrogen) atoms. The second-order valence-electron chi connectivity index (χ2n) is 6.77. The predicted octanol–water partition coefficient (Wildman–Crippen LogP) is 3.88. The molecule has 134 valence electrons. The molecule has 1 atom stereocenters. The number of ether oxygens (including phenoxy) is 1. The summed E-state index contributed by atoms with van der Waals surface area (Å²) in [6, 6.07) is 6.47. The minimum absolute atomic E-state index is 0.186. The summed E-state index contributed by atoms with van der Waals surface area (Å²) in [7, 11) is 0. The monoisotopic (exact) mass is 344 g/mol. The van der Waals surface area contributed by atoms with Gasteiger partial charge in [-0.2, -0.15) is 0 Å². The van der Waals surface area contributed by atoms with Crippen LogP contribution in [0.25, 0.3) is 5.69 Å². The first kappa shape index (κ1) is 17.8. The molecule has 1 aliphatic rings. The molecule has 1 aromatic heterocycles. The molecule has 0 amide bonds. The molecular weight excluding hydrogens is 319 g/mol. The van der Waals surface area contributed by atoms with Crippen molar-refractivity contribution in [3.8, 4) is 5.69 Å². The van der Waals surface area contributed by atoms with Crippen molar-refractivity contribution >= 4 is 0 Å². The van der Waals surface area contributed by atoms with Gasteiger partial charge >= 0.3 is 0 Å². The van der Waals surface area contributed by atoms with Crippen molar-refractivity contribution in [3.63, 3.8) is 0 Å². The summed E-state index contributed by atoms with van der Waals surface area (Å²) in [5, 5.41) is 0. The molecule has 0 saturated carbocycles. The summed E-state index contributed by atoms with van der Waals surface area (Å²) in [6.45, 7) is 4.41. The van der Waals surface area contributed by atoms with E-state index in [0.29, 0.717) is 35.3 Å². The zero-order chi connectivity index (χ0) is 17.8. The lowest BCUT2D eigenvalue weighted by molar-refractivity contribution is 0.102. The van der Waals surface area contributed by atoms with Crippen LogP contribution in [0.3, 0.4) is 0 Å². The fourth-order valence-corrected chi connectivity index (χ4v) is 3.49. The maximum Gasteiger partial charge on any atom is 0.258 e. The van der Waals surface area contributed by atoms with Crippen molar-refractivity contribution in [2.75, 3.05) is 6.61 Å². The first-order valence-corrected chi connectivity index (χ1v) is 9.02. The smallest absolute Gasteiger partial charge is 0.258 e. The van der Waals surface area contributed by atoms with Gasteiger partial charge in [-0.1, -0.05) is 12.5 Å². The standard InChI is InChI=1S/C20H25FN2O2/c1-14-12-20(24)23(15(2)22-14)17-10-9-16(19(21)13-17)6-3-4-7-18-8-5-11-25-18/h9-10,12-13,18H,3-8,11H2,1-2H3. The first-order chi connectivity index (χ1) is 12.0. The SMILES string of the molecule is Cc1cc(=O)n(-c2ccc(CCCCC3CCCO3)c(F)c2)c(C)n1. The van der Waals surface area contributed by atoms with Gasteiger partial charge in [0.1, 0.15) is 11.6 Å². The Hall–Kier alpha value is -2.01. The van der Waals surface area contributed by atoms with E-state index in [1.165, 1.54) is 16.7 Å². The topological polar surface area (TPSA) is 44.1 Å². The van der Waals surface area contributed by atoms with Crippen LogP contribution >= 0.6 is 0 Å². The molecule has 1 aromatic carbocycles. The maximum atomic E-state index is 14.4. The van der Waals surface area contributed by atoms with Gasteiger partial charge in [0.2, 0.25) is 0 Å². The fraction of sp³-hybridized carbons (Fsp3) is 0.500. The molecule has 2 aromatic rings. The summed E-state index contributed by atoms with van der Waals surface area (Å²) < 4.78 is 21.5. The van der Waals surface area contributed by atoms with Gasteiger partial charge in [0.05, 0.1) is 11.8 Å². The van der Waals surface area contributed by atoms with E-state index in [9.17, 15) is 9.18 Å². The average molecular weight is 344 g/mol. The van der Waals surface area contributed by atoms with E-state index < -0.39 is 0 Å². The minimum Gasteiger partial charge on any atom is -0.378 e. The van der Waals surface area contributed by atoms with E-state index >= 15 is 0 Å². The lowest BCUT2D eigenvalue weighted by atomic mass is 10.0. The Morgan fingerprint density at radius 1 is 1.28 bits per heavy atom. The third-order valence-corrected chi connectivity index (χ3v) is 4.76. The number of hydrogen-bond acceptors (Lipinski definition) is 3. The molecule has 0 spiro atoms. The third kappa shape index (κ3) is 4.34. The molecule has 1 aliphatic heterocycles. The van der Waals surface area contributed by atoms with E-state index in [4.69, 9.17) is 4.74 Å². The predicted molar refractivity (Wildman–Crippen MR) is 95.8 cm³/mol. The van der Waals surface area contributed by atoms with Gasteiger partial charge in [-0.25, -0.2) is 9.37 Å². The van der Waals surface area contributed by atoms with Crippen LogP contribution in [-0.4, -0.2) is 22.3 Å². The number of nitrogens with zero attached hydrogens (tertiary/aromatic N) is 2. The molecule has 0 radical (unpaired) electrons. The summed E-state index contributed by atoms with van der Waals surface area (Å²) in [4.78, 5) is 16.5.